The first-order valence-electron chi connectivity index (χ1n) is 9.68. The number of carbonyl (C=O) groups is 1. The monoisotopic (exact) mass is 390 g/mol. The van der Waals surface area contributed by atoms with Gasteiger partial charge in [-0.25, -0.2) is 4.99 Å². The Morgan fingerprint density at radius 3 is 2.76 bits per heavy atom. The van der Waals surface area contributed by atoms with Crippen LogP contribution in [0.1, 0.15) is 33.7 Å². The van der Waals surface area contributed by atoms with E-state index in [-0.39, 0.29) is 12.4 Å². The number of furan rings is 1. The Hall–Kier alpha value is -2.96. The molecule has 148 valence electrons. The number of aliphatic hydroxyl groups is 1. The van der Waals surface area contributed by atoms with Gasteiger partial charge in [-0.05, 0) is 61.4 Å². The molecule has 5 rings (SSSR count). The Labute approximate surface area is 168 Å². The lowest BCUT2D eigenvalue weighted by molar-refractivity contribution is 0.0388. The Bertz CT molecular complexity index is 1190. The minimum absolute atomic E-state index is 0.0300. The summed E-state index contributed by atoms with van der Waals surface area (Å²) in [5.74, 6) is 1.12. The zero-order valence-corrected chi connectivity index (χ0v) is 16.7. The maximum atomic E-state index is 13.5. The number of amidine groups is 1. The highest BCUT2D eigenvalue weighted by Crippen LogP contribution is 2.42. The lowest BCUT2D eigenvalue weighted by Crippen LogP contribution is -2.50. The molecule has 0 bridgehead atoms. The van der Waals surface area contributed by atoms with Crippen LogP contribution in [0.5, 0.6) is 0 Å². The predicted octanol–water partition coefficient (Wildman–Crippen LogP) is 4.06. The summed E-state index contributed by atoms with van der Waals surface area (Å²) < 4.78 is 11.4. The number of aryl methyl sites for hydroxylation is 2. The van der Waals surface area contributed by atoms with E-state index >= 15 is 0 Å². The normalized spacial score (nSPS) is 20.8. The summed E-state index contributed by atoms with van der Waals surface area (Å²) in [7, 11) is 1.58. The third-order valence-corrected chi connectivity index (χ3v) is 6.12. The highest BCUT2D eigenvalue weighted by atomic mass is 16.5. The van der Waals surface area contributed by atoms with Gasteiger partial charge in [0.15, 0.2) is 5.60 Å². The predicted molar refractivity (Wildman–Crippen MR) is 111 cm³/mol. The van der Waals surface area contributed by atoms with E-state index in [0.717, 1.165) is 22.2 Å². The molecule has 2 aliphatic heterocycles. The van der Waals surface area contributed by atoms with Crippen molar-refractivity contribution in [3.63, 3.8) is 0 Å². The summed E-state index contributed by atoms with van der Waals surface area (Å²) in [5, 5.41) is 10.2. The maximum absolute atomic E-state index is 13.5. The second kappa shape index (κ2) is 6.27. The number of methoxy groups -OCH3 is 1. The number of fused-ring (bicyclic) bond motifs is 3. The number of hydrogen-bond donors (Lipinski definition) is 1. The van der Waals surface area contributed by atoms with Crippen LogP contribution in [0, 0.1) is 13.8 Å². The standard InChI is InChI=1S/C23H22N2O4/c1-13-8-18-19(9-14(13)2)24-22-23(28-3,21(18)27)6-7-25(22)16-4-5-20-15(10-16)11-17(12-26)29-20/h4-5,8-11,26H,6-7,12H2,1-3H3/t23-/m1/s1. The quantitative estimate of drug-likeness (QED) is 0.730. The zero-order valence-electron chi connectivity index (χ0n) is 16.7. The summed E-state index contributed by atoms with van der Waals surface area (Å²) in [6.07, 6.45) is 0.541. The average molecular weight is 390 g/mol. The van der Waals surface area contributed by atoms with Crippen molar-refractivity contribution in [1.29, 1.82) is 0 Å². The van der Waals surface area contributed by atoms with Crippen LogP contribution in [0.4, 0.5) is 11.4 Å². The van der Waals surface area contributed by atoms with Crippen LogP contribution in [-0.4, -0.2) is 36.0 Å². The lowest BCUT2D eigenvalue weighted by atomic mass is 9.86. The Morgan fingerprint density at radius 1 is 1.21 bits per heavy atom. The molecule has 0 aliphatic carbocycles. The number of ketones is 1. The first-order chi connectivity index (χ1) is 14.0. The van der Waals surface area contributed by atoms with Crippen molar-refractivity contribution in [2.24, 2.45) is 4.99 Å². The fourth-order valence-electron chi connectivity index (χ4n) is 4.35. The van der Waals surface area contributed by atoms with Crippen LogP contribution in [0.25, 0.3) is 11.0 Å². The molecule has 0 saturated carbocycles. The van der Waals surface area contributed by atoms with Crippen LogP contribution in [0.3, 0.4) is 0 Å². The van der Waals surface area contributed by atoms with Crippen LogP contribution in [0.15, 0.2) is 45.8 Å². The Morgan fingerprint density at radius 2 is 2.00 bits per heavy atom. The molecule has 3 aromatic rings. The number of nitrogens with zero attached hydrogens (tertiary/aromatic N) is 2. The van der Waals surface area contributed by atoms with Gasteiger partial charge in [0.25, 0.3) is 0 Å². The molecule has 6 heteroatoms. The molecule has 0 amide bonds. The van der Waals surface area contributed by atoms with E-state index in [0.29, 0.717) is 41.4 Å². The molecule has 2 aliphatic rings. The number of hydrogen-bond acceptors (Lipinski definition) is 6. The van der Waals surface area contributed by atoms with Crippen molar-refractivity contribution in [1.82, 2.24) is 0 Å². The van der Waals surface area contributed by atoms with Gasteiger partial charge < -0.3 is 19.2 Å². The van der Waals surface area contributed by atoms with Gasteiger partial charge in [-0.1, -0.05) is 0 Å². The van der Waals surface area contributed by atoms with Crippen molar-refractivity contribution in [2.75, 3.05) is 18.6 Å². The number of ether oxygens (including phenoxy) is 1. The van der Waals surface area contributed by atoms with Gasteiger partial charge in [0.1, 0.15) is 23.8 Å². The van der Waals surface area contributed by atoms with Crippen LogP contribution in [-0.2, 0) is 11.3 Å². The number of carbonyl (C=O) groups excluding carboxylic acids is 1. The largest absolute Gasteiger partial charge is 0.459 e. The van der Waals surface area contributed by atoms with E-state index in [4.69, 9.17) is 14.1 Å². The van der Waals surface area contributed by atoms with Crippen molar-refractivity contribution in [2.45, 2.75) is 32.5 Å². The third kappa shape index (κ3) is 2.49. The molecular formula is C23H22N2O4. The van der Waals surface area contributed by atoms with Crippen molar-refractivity contribution in [3.05, 3.63) is 58.8 Å². The average Bonchev–Trinajstić information content (AvgIpc) is 3.31. The fourth-order valence-corrected chi connectivity index (χ4v) is 4.35. The van der Waals surface area contributed by atoms with Crippen LogP contribution >= 0.6 is 0 Å². The van der Waals surface area contributed by atoms with Gasteiger partial charge in [-0.3, -0.25) is 4.79 Å². The lowest BCUT2D eigenvalue weighted by Gasteiger charge is -2.33. The molecule has 1 atom stereocenters. The Balaban J connectivity index is 1.66. The topological polar surface area (TPSA) is 75.3 Å². The molecule has 0 radical (unpaired) electrons. The Kier molecular flexibility index (Phi) is 3.91. The SMILES string of the molecule is CO[C@@]12CCN(c3ccc4oc(CO)cc4c3)C1=Nc1cc(C)c(C)cc1C2=O. The van der Waals surface area contributed by atoms with E-state index in [1.54, 1.807) is 7.11 Å². The van der Waals surface area contributed by atoms with Crippen molar-refractivity contribution in [3.8, 4) is 0 Å². The first kappa shape index (κ1) is 18.1. The number of Topliss-reactive ketones (excluding diaryl/α,β-unsaturated/α-hetero) is 1. The third-order valence-electron chi connectivity index (χ3n) is 6.12. The van der Waals surface area contributed by atoms with Gasteiger partial charge in [-0.2, -0.15) is 0 Å². The van der Waals surface area contributed by atoms with Gasteiger partial charge in [0, 0.05) is 36.7 Å². The van der Waals surface area contributed by atoms with Gasteiger partial charge in [0.2, 0.25) is 5.78 Å². The molecule has 1 aromatic heterocycles. The molecule has 1 saturated heterocycles. The highest BCUT2D eigenvalue weighted by Gasteiger charge is 2.54. The molecule has 1 fully saturated rings. The summed E-state index contributed by atoms with van der Waals surface area (Å²) in [5.41, 5.74) is 4.07. The molecule has 0 spiro atoms. The molecule has 1 N–H and O–H groups in total. The number of aliphatic imine (C=N–C) groups is 1. The molecule has 2 aromatic carbocycles. The zero-order chi connectivity index (χ0) is 20.3. The molecular weight excluding hydrogens is 368 g/mol. The summed E-state index contributed by atoms with van der Waals surface area (Å²) in [6, 6.07) is 11.5. The van der Waals surface area contributed by atoms with Gasteiger partial charge in [0.05, 0.1) is 5.69 Å². The molecule has 3 heterocycles. The minimum Gasteiger partial charge on any atom is -0.459 e. The van der Waals surface area contributed by atoms with Crippen molar-refractivity contribution < 1.29 is 19.1 Å². The summed E-state index contributed by atoms with van der Waals surface area (Å²) in [6.45, 7) is 4.51. The molecule has 0 unspecified atom stereocenters. The second-order valence-corrected chi connectivity index (χ2v) is 7.74. The number of rotatable bonds is 3. The minimum atomic E-state index is -1.06. The summed E-state index contributed by atoms with van der Waals surface area (Å²) in [4.78, 5) is 20.4. The number of benzene rings is 2. The first-order valence-corrected chi connectivity index (χ1v) is 9.68. The van der Waals surface area contributed by atoms with Crippen molar-refractivity contribution >= 4 is 34.0 Å². The van der Waals surface area contributed by atoms with Crippen LogP contribution in [0.2, 0.25) is 0 Å². The molecule has 6 nitrogen and oxygen atoms in total. The van der Waals surface area contributed by atoms with Gasteiger partial charge in [-0.15, -0.1) is 0 Å². The van der Waals surface area contributed by atoms with E-state index in [1.807, 2.05) is 55.1 Å². The fraction of sp³-hybridized carbons (Fsp3) is 0.304. The van der Waals surface area contributed by atoms with E-state index in [9.17, 15) is 9.90 Å². The van der Waals surface area contributed by atoms with E-state index in [2.05, 4.69) is 0 Å². The van der Waals surface area contributed by atoms with Gasteiger partial charge >= 0.3 is 0 Å². The number of aliphatic hydroxyl groups excluding tert-OH is 1. The molecule has 29 heavy (non-hydrogen) atoms. The second-order valence-electron chi connectivity index (χ2n) is 7.74. The van der Waals surface area contributed by atoms with E-state index in [1.165, 1.54) is 0 Å². The summed E-state index contributed by atoms with van der Waals surface area (Å²) >= 11 is 0. The smallest absolute Gasteiger partial charge is 0.204 e. The van der Waals surface area contributed by atoms with E-state index < -0.39 is 5.60 Å². The van der Waals surface area contributed by atoms with Crippen LogP contribution < -0.4 is 4.90 Å². The highest BCUT2D eigenvalue weighted by molar-refractivity contribution is 6.28. The number of anilines is 1. The maximum Gasteiger partial charge on any atom is 0.204 e.